The smallest absolute Gasteiger partial charge is 0.251 e. The fraction of sp³-hybridized carbons (Fsp3) is 0.348. The molecule has 0 unspecified atom stereocenters. The van der Waals surface area contributed by atoms with Crippen molar-refractivity contribution >= 4 is 28.6 Å². The van der Waals surface area contributed by atoms with Crippen molar-refractivity contribution in [3.8, 4) is 11.5 Å². The highest BCUT2D eigenvalue weighted by Gasteiger charge is 2.40. The molecule has 29 heavy (non-hydrogen) atoms. The van der Waals surface area contributed by atoms with Crippen LogP contribution >= 0.6 is 0 Å². The molecule has 1 aliphatic heterocycles. The van der Waals surface area contributed by atoms with Crippen molar-refractivity contribution in [2.45, 2.75) is 50.6 Å². The van der Waals surface area contributed by atoms with Gasteiger partial charge < -0.3 is 9.73 Å². The van der Waals surface area contributed by atoms with E-state index in [0.717, 1.165) is 29.5 Å². The third-order valence-electron chi connectivity index (χ3n) is 5.86. The second kappa shape index (κ2) is 7.44. The van der Waals surface area contributed by atoms with Crippen LogP contribution in [0.4, 0.5) is 5.69 Å². The molecule has 1 atom stereocenters. The van der Waals surface area contributed by atoms with Crippen LogP contribution in [0.15, 0.2) is 52.9 Å². The number of nitrogens with one attached hydrogen (secondary N) is 1. The van der Waals surface area contributed by atoms with Gasteiger partial charge in [0.15, 0.2) is 5.58 Å². The first-order valence-corrected chi connectivity index (χ1v) is 10.3. The number of amides is 2. The number of imide groups is 1. The van der Waals surface area contributed by atoms with Crippen molar-refractivity contribution in [2.75, 3.05) is 4.90 Å². The number of nitrogens with zero attached hydrogens (tertiary/aromatic N) is 2. The van der Waals surface area contributed by atoms with Gasteiger partial charge in [-0.2, -0.15) is 0 Å². The number of aromatic nitrogens is 1. The fourth-order valence-electron chi connectivity index (χ4n) is 4.34. The summed E-state index contributed by atoms with van der Waals surface area (Å²) in [5.74, 6) is 0.210. The van der Waals surface area contributed by atoms with E-state index in [1.54, 1.807) is 12.1 Å². The maximum absolute atomic E-state index is 12.9. The van der Waals surface area contributed by atoms with Gasteiger partial charge in [-0.1, -0.05) is 31.4 Å². The summed E-state index contributed by atoms with van der Waals surface area (Å²) in [6.45, 7) is 0. The van der Waals surface area contributed by atoms with Crippen molar-refractivity contribution in [3.63, 3.8) is 0 Å². The van der Waals surface area contributed by atoms with Gasteiger partial charge in [0.2, 0.25) is 11.8 Å². The van der Waals surface area contributed by atoms with Gasteiger partial charge in [-0.05, 0) is 49.2 Å². The van der Waals surface area contributed by atoms with E-state index in [0.29, 0.717) is 17.6 Å². The Hall–Kier alpha value is -2.99. The molecule has 2 amide bonds. The van der Waals surface area contributed by atoms with Crippen LogP contribution in [0, 0.1) is 0 Å². The Morgan fingerprint density at radius 2 is 1.72 bits per heavy atom. The SMILES string of the molecule is O=C1C[C@@H](NC2CCCCC2)C(=O)N1c1ccc(-c2nc3ccccc3o2)cc1. The Balaban J connectivity index is 1.33. The number of anilines is 1. The summed E-state index contributed by atoms with van der Waals surface area (Å²) >= 11 is 0. The second-order valence-corrected chi connectivity index (χ2v) is 7.86. The number of benzene rings is 2. The van der Waals surface area contributed by atoms with Gasteiger partial charge in [0.05, 0.1) is 18.2 Å². The largest absolute Gasteiger partial charge is 0.436 e. The van der Waals surface area contributed by atoms with Crippen LogP contribution in [0.1, 0.15) is 38.5 Å². The monoisotopic (exact) mass is 389 g/mol. The van der Waals surface area contributed by atoms with E-state index in [-0.39, 0.29) is 18.2 Å². The van der Waals surface area contributed by atoms with Crippen molar-refractivity contribution in [1.82, 2.24) is 10.3 Å². The average molecular weight is 389 g/mol. The van der Waals surface area contributed by atoms with Crippen LogP contribution in [0.2, 0.25) is 0 Å². The normalized spacial score (nSPS) is 20.7. The predicted molar refractivity (Wildman–Crippen MR) is 110 cm³/mol. The summed E-state index contributed by atoms with van der Waals surface area (Å²) in [7, 11) is 0. The van der Waals surface area contributed by atoms with E-state index in [1.807, 2.05) is 36.4 Å². The van der Waals surface area contributed by atoms with Gasteiger partial charge in [-0.15, -0.1) is 0 Å². The number of oxazole rings is 1. The Labute approximate surface area is 168 Å². The minimum atomic E-state index is -0.415. The lowest BCUT2D eigenvalue weighted by Crippen LogP contribution is -2.44. The van der Waals surface area contributed by atoms with Crippen LogP contribution < -0.4 is 10.2 Å². The predicted octanol–water partition coefficient (Wildman–Crippen LogP) is 4.05. The van der Waals surface area contributed by atoms with E-state index in [4.69, 9.17) is 4.42 Å². The van der Waals surface area contributed by atoms with Crippen molar-refractivity contribution < 1.29 is 14.0 Å². The molecule has 148 valence electrons. The van der Waals surface area contributed by atoms with Gasteiger partial charge in [-0.25, -0.2) is 9.88 Å². The molecule has 1 aromatic heterocycles. The molecule has 1 saturated carbocycles. The molecule has 1 N–H and O–H groups in total. The molecular weight excluding hydrogens is 366 g/mol. The zero-order valence-electron chi connectivity index (χ0n) is 16.1. The number of fused-ring (bicyclic) bond motifs is 1. The van der Waals surface area contributed by atoms with Crippen LogP contribution in [0.25, 0.3) is 22.6 Å². The van der Waals surface area contributed by atoms with E-state index < -0.39 is 6.04 Å². The third kappa shape index (κ3) is 3.44. The van der Waals surface area contributed by atoms with Crippen molar-refractivity contribution in [1.29, 1.82) is 0 Å². The highest BCUT2D eigenvalue weighted by molar-refractivity contribution is 6.22. The van der Waals surface area contributed by atoms with Crippen LogP contribution in [0.3, 0.4) is 0 Å². The summed E-state index contributed by atoms with van der Waals surface area (Å²) in [5.41, 5.74) is 2.93. The third-order valence-corrected chi connectivity index (χ3v) is 5.86. The van der Waals surface area contributed by atoms with E-state index in [2.05, 4.69) is 10.3 Å². The van der Waals surface area contributed by atoms with Gasteiger partial charge in [0, 0.05) is 11.6 Å². The number of hydrogen-bond acceptors (Lipinski definition) is 5. The van der Waals surface area contributed by atoms with Gasteiger partial charge in [0.1, 0.15) is 5.52 Å². The highest BCUT2D eigenvalue weighted by atomic mass is 16.3. The van der Waals surface area contributed by atoms with Gasteiger partial charge >= 0.3 is 0 Å². The Kier molecular flexibility index (Phi) is 4.64. The molecule has 2 fully saturated rings. The molecule has 0 bridgehead atoms. The van der Waals surface area contributed by atoms with Crippen LogP contribution in [0.5, 0.6) is 0 Å². The Morgan fingerprint density at radius 3 is 2.48 bits per heavy atom. The van der Waals surface area contributed by atoms with E-state index in [1.165, 1.54) is 24.2 Å². The lowest BCUT2D eigenvalue weighted by Gasteiger charge is -2.25. The maximum Gasteiger partial charge on any atom is 0.251 e. The molecule has 1 aliphatic carbocycles. The highest BCUT2D eigenvalue weighted by Crippen LogP contribution is 2.29. The quantitative estimate of drug-likeness (QED) is 0.682. The molecule has 5 rings (SSSR count). The summed E-state index contributed by atoms with van der Waals surface area (Å²) in [6, 6.07) is 14.8. The molecule has 3 aromatic rings. The van der Waals surface area contributed by atoms with E-state index in [9.17, 15) is 9.59 Å². The van der Waals surface area contributed by atoms with Crippen molar-refractivity contribution in [3.05, 3.63) is 48.5 Å². The lowest BCUT2D eigenvalue weighted by atomic mass is 9.95. The summed E-state index contributed by atoms with van der Waals surface area (Å²) < 4.78 is 5.79. The summed E-state index contributed by atoms with van der Waals surface area (Å²) in [5, 5.41) is 3.41. The summed E-state index contributed by atoms with van der Waals surface area (Å²) in [6.07, 6.45) is 6.02. The molecule has 0 spiro atoms. The van der Waals surface area contributed by atoms with Crippen LogP contribution in [-0.2, 0) is 9.59 Å². The number of para-hydroxylation sites is 2. The zero-order chi connectivity index (χ0) is 19.8. The van der Waals surface area contributed by atoms with Gasteiger partial charge in [0.25, 0.3) is 5.91 Å². The minimum absolute atomic E-state index is 0.155. The maximum atomic E-state index is 12.9. The second-order valence-electron chi connectivity index (χ2n) is 7.86. The first-order chi connectivity index (χ1) is 14.2. The molecule has 2 heterocycles. The van der Waals surface area contributed by atoms with Gasteiger partial charge in [-0.3, -0.25) is 9.59 Å². The zero-order valence-corrected chi connectivity index (χ0v) is 16.1. The molecule has 0 radical (unpaired) electrons. The number of hydrogen-bond donors (Lipinski definition) is 1. The number of carbonyl (C=O) groups is 2. The minimum Gasteiger partial charge on any atom is -0.436 e. The fourth-order valence-corrected chi connectivity index (χ4v) is 4.34. The Morgan fingerprint density at radius 1 is 0.966 bits per heavy atom. The number of carbonyl (C=O) groups excluding carboxylic acids is 2. The molecular formula is C23H23N3O3. The number of rotatable bonds is 4. The first-order valence-electron chi connectivity index (χ1n) is 10.3. The average Bonchev–Trinajstić information content (AvgIpc) is 3.30. The Bertz CT molecular complexity index is 1020. The molecule has 2 aromatic carbocycles. The summed E-state index contributed by atoms with van der Waals surface area (Å²) in [4.78, 5) is 31.2. The molecule has 6 nitrogen and oxygen atoms in total. The first kappa shape index (κ1) is 18.1. The topological polar surface area (TPSA) is 75.4 Å². The molecule has 1 saturated heterocycles. The van der Waals surface area contributed by atoms with Crippen LogP contribution in [-0.4, -0.2) is 28.9 Å². The van der Waals surface area contributed by atoms with E-state index >= 15 is 0 Å². The standard InChI is InChI=1S/C23H23N3O3/c27-21-14-19(24-16-6-2-1-3-7-16)23(28)26(21)17-12-10-15(11-13-17)22-25-18-8-4-5-9-20(18)29-22/h4-5,8-13,16,19,24H,1-3,6-7,14H2/t19-/m1/s1. The lowest BCUT2D eigenvalue weighted by molar-refractivity contribution is -0.121. The molecule has 6 heteroatoms. The van der Waals surface area contributed by atoms with Crippen molar-refractivity contribution in [2.24, 2.45) is 0 Å². The molecule has 2 aliphatic rings.